The maximum absolute atomic E-state index is 13.1. The van der Waals surface area contributed by atoms with Crippen LogP contribution in [0.4, 0.5) is 16.6 Å². The summed E-state index contributed by atoms with van der Waals surface area (Å²) in [4.78, 5) is 44.9. The third-order valence-corrected chi connectivity index (χ3v) is 8.17. The first-order valence-corrected chi connectivity index (χ1v) is 13.4. The molecule has 2 saturated heterocycles. The highest BCUT2D eigenvalue weighted by Crippen LogP contribution is 2.37. The predicted octanol–water partition coefficient (Wildman–Crippen LogP) is 3.66. The Morgan fingerprint density at radius 3 is 2.39 bits per heavy atom. The van der Waals surface area contributed by atoms with Crippen LogP contribution in [0.1, 0.15) is 54.9 Å². The van der Waals surface area contributed by atoms with Gasteiger partial charge in [0.2, 0.25) is 11.8 Å². The molecule has 3 aliphatic rings. The molecule has 1 aliphatic carbocycles. The van der Waals surface area contributed by atoms with Gasteiger partial charge < -0.3 is 19.9 Å². The van der Waals surface area contributed by atoms with Crippen molar-refractivity contribution < 1.29 is 14.3 Å². The van der Waals surface area contributed by atoms with Gasteiger partial charge in [-0.1, -0.05) is 12.8 Å². The topological polar surface area (TPSA) is 109 Å². The van der Waals surface area contributed by atoms with Crippen molar-refractivity contribution in [3.05, 3.63) is 36.2 Å². The van der Waals surface area contributed by atoms with Crippen molar-refractivity contribution in [1.82, 2.24) is 34.2 Å². The number of piperazine rings is 1. The van der Waals surface area contributed by atoms with E-state index in [1.54, 1.807) is 38.6 Å². The minimum Gasteiger partial charge on any atom is -0.393 e. The minimum absolute atomic E-state index is 0.0286. The Labute approximate surface area is 221 Å². The van der Waals surface area contributed by atoms with Gasteiger partial charge in [0.1, 0.15) is 11.5 Å². The van der Waals surface area contributed by atoms with Crippen LogP contribution in [0.15, 0.2) is 30.6 Å². The second-order valence-electron chi connectivity index (χ2n) is 10.8. The van der Waals surface area contributed by atoms with Gasteiger partial charge in [-0.2, -0.15) is 4.98 Å². The fourth-order valence-electron chi connectivity index (χ4n) is 5.99. The third-order valence-electron chi connectivity index (χ3n) is 8.17. The normalized spacial score (nSPS) is 21.7. The molecule has 2 unspecified atom stereocenters. The molecule has 6 rings (SSSR count). The van der Waals surface area contributed by atoms with Crippen LogP contribution in [-0.4, -0.2) is 92.5 Å². The van der Waals surface area contributed by atoms with Crippen molar-refractivity contribution in [3.8, 4) is 5.88 Å². The molecular formula is C27H34N8O3. The zero-order chi connectivity index (χ0) is 26.4. The van der Waals surface area contributed by atoms with Crippen molar-refractivity contribution in [3.63, 3.8) is 0 Å². The second kappa shape index (κ2) is 9.86. The van der Waals surface area contributed by atoms with Crippen LogP contribution in [0.2, 0.25) is 0 Å². The van der Waals surface area contributed by atoms with E-state index in [0.717, 1.165) is 57.0 Å². The third kappa shape index (κ3) is 4.55. The molecule has 3 aromatic rings. The maximum Gasteiger partial charge on any atom is 0.415 e. The monoisotopic (exact) mass is 518 g/mol. The Kier molecular flexibility index (Phi) is 6.38. The van der Waals surface area contributed by atoms with Crippen LogP contribution in [0.3, 0.4) is 0 Å². The molecule has 11 nitrogen and oxygen atoms in total. The van der Waals surface area contributed by atoms with Gasteiger partial charge in [0.05, 0.1) is 5.56 Å². The van der Waals surface area contributed by atoms with E-state index in [9.17, 15) is 9.59 Å². The Hall–Kier alpha value is -3.73. The summed E-state index contributed by atoms with van der Waals surface area (Å²) in [6.45, 7) is 1.54. The number of aromatic nitrogens is 4. The quantitative estimate of drug-likeness (QED) is 0.545. The standard InChI is InChI=1S/C27H34N8O3/c1-32(2)27(37)38-23-12-18-14-29-26(31-24(18)35(23)19-6-4-5-7-19)30-22-11-8-17(13-28-22)25(36)34-15-20-9-10-21(16-34)33(20)3/h8,11-14,19-21H,4-7,9-10,15-16H2,1-3H3,(H,28,29,30,31). The van der Waals surface area contributed by atoms with E-state index in [4.69, 9.17) is 9.72 Å². The lowest BCUT2D eigenvalue weighted by molar-refractivity contribution is 0.0523. The van der Waals surface area contributed by atoms with Crippen LogP contribution in [-0.2, 0) is 0 Å². The molecule has 200 valence electrons. The van der Waals surface area contributed by atoms with Crippen molar-refractivity contribution in [2.24, 2.45) is 0 Å². The maximum atomic E-state index is 13.1. The number of nitrogens with zero attached hydrogens (tertiary/aromatic N) is 7. The number of fused-ring (bicyclic) bond motifs is 3. The number of hydrogen-bond acceptors (Lipinski definition) is 8. The molecule has 38 heavy (non-hydrogen) atoms. The molecule has 1 saturated carbocycles. The van der Waals surface area contributed by atoms with Gasteiger partial charge in [-0.25, -0.2) is 14.8 Å². The fourth-order valence-corrected chi connectivity index (χ4v) is 5.99. The minimum atomic E-state index is -0.429. The smallest absolute Gasteiger partial charge is 0.393 e. The number of amides is 2. The largest absolute Gasteiger partial charge is 0.415 e. The number of carbonyl (C=O) groups excluding carboxylic acids is 2. The first-order chi connectivity index (χ1) is 18.4. The van der Waals surface area contributed by atoms with E-state index in [0.29, 0.717) is 40.9 Å². The highest BCUT2D eigenvalue weighted by Gasteiger charge is 2.39. The molecule has 1 N–H and O–H groups in total. The van der Waals surface area contributed by atoms with E-state index < -0.39 is 6.09 Å². The zero-order valence-electron chi connectivity index (χ0n) is 22.1. The Balaban J connectivity index is 1.21. The Morgan fingerprint density at radius 1 is 1.00 bits per heavy atom. The number of likely N-dealkylation sites (tertiary alicyclic amines) is 1. The van der Waals surface area contributed by atoms with Crippen LogP contribution < -0.4 is 10.1 Å². The first kappa shape index (κ1) is 24.6. The second-order valence-corrected chi connectivity index (χ2v) is 10.8. The van der Waals surface area contributed by atoms with Crippen LogP contribution in [0.25, 0.3) is 11.0 Å². The van der Waals surface area contributed by atoms with Gasteiger partial charge in [0, 0.05) is 69.2 Å². The summed E-state index contributed by atoms with van der Waals surface area (Å²) >= 11 is 0. The molecule has 3 aromatic heterocycles. The van der Waals surface area contributed by atoms with Gasteiger partial charge >= 0.3 is 6.09 Å². The van der Waals surface area contributed by atoms with Gasteiger partial charge in [-0.15, -0.1) is 0 Å². The fraction of sp³-hybridized carbons (Fsp3) is 0.519. The number of anilines is 2. The molecule has 0 radical (unpaired) electrons. The van der Waals surface area contributed by atoms with E-state index in [1.807, 2.05) is 15.5 Å². The lowest BCUT2D eigenvalue weighted by Crippen LogP contribution is -2.53. The Bertz CT molecular complexity index is 1330. The molecule has 0 aromatic carbocycles. The number of nitrogens with one attached hydrogen (secondary N) is 1. The summed E-state index contributed by atoms with van der Waals surface area (Å²) in [5.74, 6) is 1.46. The van der Waals surface area contributed by atoms with E-state index in [2.05, 4.69) is 27.2 Å². The number of rotatable bonds is 5. The molecule has 5 heterocycles. The Morgan fingerprint density at radius 2 is 1.74 bits per heavy atom. The van der Waals surface area contributed by atoms with Gasteiger partial charge in [-0.3, -0.25) is 14.3 Å². The van der Waals surface area contributed by atoms with Crippen molar-refractivity contribution in [1.29, 1.82) is 0 Å². The molecule has 2 bridgehead atoms. The van der Waals surface area contributed by atoms with Crippen LogP contribution >= 0.6 is 0 Å². The SMILES string of the molecule is CN(C)C(=O)Oc1cc2cnc(Nc3ccc(C(=O)N4CC5CCC(C4)N5C)cn3)nc2n1C1CCCC1. The van der Waals surface area contributed by atoms with Crippen LogP contribution in [0.5, 0.6) is 5.88 Å². The summed E-state index contributed by atoms with van der Waals surface area (Å²) in [6.07, 6.45) is 9.50. The summed E-state index contributed by atoms with van der Waals surface area (Å²) in [6, 6.07) is 6.53. The van der Waals surface area contributed by atoms with Crippen molar-refractivity contribution >= 4 is 34.8 Å². The zero-order valence-corrected chi connectivity index (χ0v) is 22.1. The average molecular weight is 519 g/mol. The summed E-state index contributed by atoms with van der Waals surface area (Å²) in [5.41, 5.74) is 1.30. The van der Waals surface area contributed by atoms with E-state index in [-0.39, 0.29) is 11.9 Å². The molecule has 2 amide bonds. The average Bonchev–Trinajstić information content (AvgIpc) is 3.59. The van der Waals surface area contributed by atoms with Crippen molar-refractivity contribution in [2.45, 2.75) is 56.7 Å². The lowest BCUT2D eigenvalue weighted by atomic mass is 10.1. The number of ether oxygens (including phenoxy) is 1. The predicted molar refractivity (Wildman–Crippen MR) is 143 cm³/mol. The van der Waals surface area contributed by atoms with E-state index in [1.165, 1.54) is 4.90 Å². The van der Waals surface area contributed by atoms with Crippen molar-refractivity contribution in [2.75, 3.05) is 39.5 Å². The number of pyridine rings is 1. The molecule has 3 fully saturated rings. The molecule has 2 aliphatic heterocycles. The first-order valence-electron chi connectivity index (χ1n) is 13.4. The summed E-state index contributed by atoms with van der Waals surface area (Å²) in [5, 5.41) is 3.97. The summed E-state index contributed by atoms with van der Waals surface area (Å²) < 4.78 is 7.70. The van der Waals surface area contributed by atoms with E-state index >= 15 is 0 Å². The molecular weight excluding hydrogens is 484 g/mol. The van der Waals surface area contributed by atoms with Crippen LogP contribution in [0, 0.1) is 0 Å². The highest BCUT2D eigenvalue weighted by atomic mass is 16.6. The number of likely N-dealkylation sites (N-methyl/N-ethyl adjacent to an activating group) is 1. The molecule has 11 heteroatoms. The number of carbonyl (C=O) groups is 2. The lowest BCUT2D eigenvalue weighted by Gasteiger charge is -2.38. The van der Waals surface area contributed by atoms with Gasteiger partial charge in [-0.05, 0) is 44.9 Å². The summed E-state index contributed by atoms with van der Waals surface area (Å²) in [7, 11) is 5.48. The van der Waals surface area contributed by atoms with Gasteiger partial charge in [0.25, 0.3) is 5.91 Å². The highest BCUT2D eigenvalue weighted by molar-refractivity contribution is 5.94. The number of hydrogen-bond donors (Lipinski definition) is 1. The van der Waals surface area contributed by atoms with Gasteiger partial charge in [0.15, 0.2) is 0 Å². The molecule has 2 atom stereocenters. The molecule has 0 spiro atoms.